The first kappa shape index (κ1) is 13.7. The van der Waals surface area contributed by atoms with Gasteiger partial charge >= 0.3 is 0 Å². The van der Waals surface area contributed by atoms with E-state index in [4.69, 9.17) is 0 Å². The summed E-state index contributed by atoms with van der Waals surface area (Å²) in [6, 6.07) is 2.38. The third-order valence-corrected chi connectivity index (χ3v) is 4.22. The van der Waals surface area contributed by atoms with Gasteiger partial charge in [0.25, 0.3) is 5.91 Å². The number of carbonyl (C=O) groups is 1. The van der Waals surface area contributed by atoms with E-state index in [0.717, 1.165) is 36.1 Å². The van der Waals surface area contributed by atoms with Crippen LogP contribution in [-0.2, 0) is 6.54 Å². The molecule has 0 radical (unpaired) electrons. The molecule has 0 atom stereocenters. The molecular weight excluding hydrogens is 292 g/mol. The van der Waals surface area contributed by atoms with Crippen molar-refractivity contribution in [1.82, 2.24) is 9.47 Å². The van der Waals surface area contributed by atoms with Crippen molar-refractivity contribution < 1.29 is 4.79 Å². The van der Waals surface area contributed by atoms with Crippen LogP contribution in [0.3, 0.4) is 0 Å². The van der Waals surface area contributed by atoms with Gasteiger partial charge in [-0.2, -0.15) is 0 Å². The van der Waals surface area contributed by atoms with Crippen LogP contribution in [0.4, 0.5) is 0 Å². The lowest BCUT2D eigenvalue weighted by molar-refractivity contribution is 0.0682. The molecule has 2 rings (SSSR count). The Balaban J connectivity index is 2.22. The topological polar surface area (TPSA) is 25.2 Å². The zero-order valence-corrected chi connectivity index (χ0v) is 12.7. The van der Waals surface area contributed by atoms with Crippen molar-refractivity contribution in [2.75, 3.05) is 6.54 Å². The molecule has 0 spiro atoms. The molecule has 1 saturated carbocycles. The van der Waals surface area contributed by atoms with E-state index < -0.39 is 0 Å². The Morgan fingerprint density at radius 1 is 1.44 bits per heavy atom. The van der Waals surface area contributed by atoms with Crippen molar-refractivity contribution >= 4 is 21.8 Å². The first-order valence-corrected chi connectivity index (χ1v) is 7.63. The predicted molar refractivity (Wildman–Crippen MR) is 76.8 cm³/mol. The summed E-state index contributed by atoms with van der Waals surface area (Å²) in [5, 5.41) is 0. The highest BCUT2D eigenvalue weighted by Crippen LogP contribution is 2.25. The number of hydrogen-bond donors (Lipinski definition) is 0. The Kier molecular flexibility index (Phi) is 4.49. The standard InChI is InChI=1S/C14H21BrN2O/c1-3-16-10-11(15)9-13(16)14(18)17(4-2)12-7-5-6-8-12/h9-10,12H,3-8H2,1-2H3. The molecule has 0 aliphatic heterocycles. The van der Waals surface area contributed by atoms with E-state index in [0.29, 0.717) is 6.04 Å². The Morgan fingerprint density at radius 3 is 2.67 bits per heavy atom. The quantitative estimate of drug-likeness (QED) is 0.832. The molecule has 1 aromatic rings. The van der Waals surface area contributed by atoms with Crippen LogP contribution >= 0.6 is 15.9 Å². The van der Waals surface area contributed by atoms with Gasteiger partial charge in [0.05, 0.1) is 0 Å². The molecule has 18 heavy (non-hydrogen) atoms. The first-order valence-electron chi connectivity index (χ1n) is 6.84. The van der Waals surface area contributed by atoms with Gasteiger partial charge in [-0.1, -0.05) is 12.8 Å². The van der Waals surface area contributed by atoms with Crippen molar-refractivity contribution in [2.45, 2.75) is 52.1 Å². The Labute approximate surface area is 117 Å². The SMILES string of the molecule is CCN(C(=O)c1cc(Br)cn1CC)C1CCCC1. The number of nitrogens with zero attached hydrogens (tertiary/aromatic N) is 2. The molecule has 1 amide bonds. The van der Waals surface area contributed by atoms with Crippen LogP contribution < -0.4 is 0 Å². The molecule has 1 heterocycles. The average molecular weight is 313 g/mol. The summed E-state index contributed by atoms with van der Waals surface area (Å²) >= 11 is 3.46. The van der Waals surface area contributed by atoms with E-state index in [1.807, 2.05) is 21.7 Å². The Hall–Kier alpha value is -0.770. The minimum Gasteiger partial charge on any atom is -0.343 e. The van der Waals surface area contributed by atoms with Crippen molar-refractivity contribution in [3.8, 4) is 0 Å². The number of halogens is 1. The minimum atomic E-state index is 0.178. The maximum atomic E-state index is 12.6. The lowest BCUT2D eigenvalue weighted by atomic mass is 10.2. The lowest BCUT2D eigenvalue weighted by Gasteiger charge is -2.28. The normalized spacial score (nSPS) is 16.2. The van der Waals surface area contributed by atoms with E-state index in [1.54, 1.807) is 0 Å². The summed E-state index contributed by atoms with van der Waals surface area (Å²) in [7, 11) is 0. The maximum Gasteiger partial charge on any atom is 0.270 e. The zero-order chi connectivity index (χ0) is 13.1. The Bertz CT molecular complexity index is 421. The third kappa shape index (κ3) is 2.63. The van der Waals surface area contributed by atoms with Gasteiger partial charge < -0.3 is 9.47 Å². The summed E-state index contributed by atoms with van der Waals surface area (Å²) in [5.74, 6) is 0.178. The average Bonchev–Trinajstić information content (AvgIpc) is 2.99. The highest BCUT2D eigenvalue weighted by molar-refractivity contribution is 9.10. The summed E-state index contributed by atoms with van der Waals surface area (Å²) in [5.41, 5.74) is 0.804. The van der Waals surface area contributed by atoms with Gasteiger partial charge in [-0.05, 0) is 48.7 Å². The first-order chi connectivity index (χ1) is 8.67. The molecule has 100 valence electrons. The van der Waals surface area contributed by atoms with Crippen molar-refractivity contribution in [3.05, 3.63) is 22.4 Å². The van der Waals surface area contributed by atoms with Crippen LogP contribution in [0.5, 0.6) is 0 Å². The molecule has 1 aromatic heterocycles. The fourth-order valence-corrected chi connectivity index (χ4v) is 3.31. The third-order valence-electron chi connectivity index (χ3n) is 3.79. The zero-order valence-electron chi connectivity index (χ0n) is 11.2. The van der Waals surface area contributed by atoms with Crippen molar-refractivity contribution in [3.63, 3.8) is 0 Å². The smallest absolute Gasteiger partial charge is 0.270 e. The predicted octanol–water partition coefficient (Wildman–Crippen LogP) is 3.68. The number of amides is 1. The second kappa shape index (κ2) is 5.91. The second-order valence-electron chi connectivity index (χ2n) is 4.86. The second-order valence-corrected chi connectivity index (χ2v) is 5.77. The van der Waals surface area contributed by atoms with E-state index in [-0.39, 0.29) is 5.91 Å². The molecule has 0 unspecified atom stereocenters. The minimum absolute atomic E-state index is 0.178. The van der Waals surface area contributed by atoms with Crippen LogP contribution in [0.25, 0.3) is 0 Å². The summed E-state index contributed by atoms with van der Waals surface area (Å²) < 4.78 is 3.00. The van der Waals surface area contributed by atoms with Crippen molar-refractivity contribution in [2.24, 2.45) is 0 Å². The number of carbonyl (C=O) groups excluding carboxylic acids is 1. The van der Waals surface area contributed by atoms with E-state index in [2.05, 4.69) is 29.8 Å². The molecule has 4 heteroatoms. The lowest BCUT2D eigenvalue weighted by Crippen LogP contribution is -2.39. The molecule has 0 aromatic carbocycles. The maximum absolute atomic E-state index is 12.6. The van der Waals surface area contributed by atoms with Gasteiger partial charge in [-0.25, -0.2) is 0 Å². The molecule has 3 nitrogen and oxygen atoms in total. The number of aromatic nitrogens is 1. The summed E-state index contributed by atoms with van der Waals surface area (Å²) in [6.07, 6.45) is 6.82. The van der Waals surface area contributed by atoms with E-state index >= 15 is 0 Å². The van der Waals surface area contributed by atoms with Gasteiger partial charge in [0.2, 0.25) is 0 Å². The van der Waals surface area contributed by atoms with Crippen molar-refractivity contribution in [1.29, 1.82) is 0 Å². The summed E-state index contributed by atoms with van der Waals surface area (Å²) in [6.45, 7) is 5.77. The fraction of sp³-hybridized carbons (Fsp3) is 0.643. The monoisotopic (exact) mass is 312 g/mol. The van der Waals surface area contributed by atoms with Gasteiger partial charge in [0.1, 0.15) is 5.69 Å². The van der Waals surface area contributed by atoms with Crippen LogP contribution in [0.1, 0.15) is 50.0 Å². The molecule has 0 N–H and O–H groups in total. The fourth-order valence-electron chi connectivity index (χ4n) is 2.85. The van der Waals surface area contributed by atoms with Gasteiger partial charge in [-0.15, -0.1) is 0 Å². The van der Waals surface area contributed by atoms with Crippen LogP contribution in [0.2, 0.25) is 0 Å². The molecule has 0 saturated heterocycles. The highest BCUT2D eigenvalue weighted by atomic mass is 79.9. The van der Waals surface area contributed by atoms with Gasteiger partial charge in [0, 0.05) is 29.8 Å². The Morgan fingerprint density at radius 2 is 2.11 bits per heavy atom. The summed E-state index contributed by atoms with van der Waals surface area (Å²) in [4.78, 5) is 14.7. The largest absolute Gasteiger partial charge is 0.343 e. The number of hydrogen-bond acceptors (Lipinski definition) is 1. The number of rotatable bonds is 4. The molecule has 0 bridgehead atoms. The van der Waals surface area contributed by atoms with Crippen LogP contribution in [0, 0.1) is 0 Å². The molecular formula is C14H21BrN2O. The van der Waals surface area contributed by atoms with E-state index in [1.165, 1.54) is 12.8 Å². The molecule has 1 aliphatic carbocycles. The number of aryl methyl sites for hydroxylation is 1. The van der Waals surface area contributed by atoms with Gasteiger partial charge in [-0.3, -0.25) is 4.79 Å². The van der Waals surface area contributed by atoms with Gasteiger partial charge in [0.15, 0.2) is 0 Å². The van der Waals surface area contributed by atoms with Crippen LogP contribution in [-0.4, -0.2) is 28.0 Å². The van der Waals surface area contributed by atoms with Crippen LogP contribution in [0.15, 0.2) is 16.7 Å². The van der Waals surface area contributed by atoms with E-state index in [9.17, 15) is 4.79 Å². The molecule has 1 aliphatic rings. The highest BCUT2D eigenvalue weighted by Gasteiger charge is 2.27. The molecule has 1 fully saturated rings.